The van der Waals surface area contributed by atoms with Crippen molar-refractivity contribution in [1.29, 1.82) is 0 Å². The van der Waals surface area contributed by atoms with Gasteiger partial charge in [0.25, 0.3) is 0 Å². The van der Waals surface area contributed by atoms with Gasteiger partial charge >= 0.3 is 0 Å². The van der Waals surface area contributed by atoms with Gasteiger partial charge in [-0.05, 0) is 81.6 Å². The van der Waals surface area contributed by atoms with E-state index in [0.717, 1.165) is 41.2 Å². The van der Waals surface area contributed by atoms with Crippen LogP contribution in [-0.2, 0) is 11.8 Å². The Morgan fingerprint density at radius 1 is 1.21 bits per heavy atom. The molecule has 4 heteroatoms. The molecular weight excluding hydrogens is 298 g/mol. The van der Waals surface area contributed by atoms with Crippen LogP contribution < -0.4 is 5.32 Å². The summed E-state index contributed by atoms with van der Waals surface area (Å²) in [5.41, 5.74) is 3.53. The van der Waals surface area contributed by atoms with E-state index in [0.29, 0.717) is 5.41 Å². The van der Waals surface area contributed by atoms with Crippen molar-refractivity contribution >= 4 is 12.0 Å². The number of amides is 1. The van der Waals surface area contributed by atoms with Gasteiger partial charge in [-0.15, -0.1) is 0 Å². The van der Waals surface area contributed by atoms with Crippen molar-refractivity contribution in [3.8, 4) is 0 Å². The van der Waals surface area contributed by atoms with Gasteiger partial charge in [-0.1, -0.05) is 0 Å². The second-order valence-corrected chi connectivity index (χ2v) is 8.68. The third kappa shape index (κ3) is 2.80. The fourth-order valence-corrected chi connectivity index (χ4v) is 6.03. The Balaban J connectivity index is 1.38. The predicted molar refractivity (Wildman–Crippen MR) is 95.3 cm³/mol. The summed E-state index contributed by atoms with van der Waals surface area (Å²) in [5.74, 6) is 2.84. The average molecular weight is 327 g/mol. The lowest BCUT2D eigenvalue weighted by molar-refractivity contribution is -0.118. The number of carbonyl (C=O) groups excluding carboxylic acids is 1. The molecule has 0 atom stereocenters. The predicted octanol–water partition coefficient (Wildman–Crippen LogP) is 3.38. The third-order valence-electron chi connectivity index (χ3n) is 6.77. The Morgan fingerprint density at radius 2 is 1.79 bits per heavy atom. The molecule has 0 saturated heterocycles. The van der Waals surface area contributed by atoms with Gasteiger partial charge in [0.1, 0.15) is 0 Å². The number of aryl methyl sites for hydroxylation is 2. The smallest absolute Gasteiger partial charge is 0.244 e. The third-order valence-corrected chi connectivity index (χ3v) is 6.77. The van der Waals surface area contributed by atoms with Crippen molar-refractivity contribution < 1.29 is 4.79 Å². The second-order valence-electron chi connectivity index (χ2n) is 8.68. The van der Waals surface area contributed by atoms with Crippen LogP contribution in [0.1, 0.15) is 55.5 Å². The van der Waals surface area contributed by atoms with Crippen LogP contribution in [0.15, 0.2) is 6.08 Å². The van der Waals surface area contributed by atoms with Crippen LogP contribution in [0, 0.1) is 37.0 Å². The Hall–Kier alpha value is -1.58. The number of hydrogen-bond donors (Lipinski definition) is 1. The zero-order chi connectivity index (χ0) is 16.9. The fourth-order valence-electron chi connectivity index (χ4n) is 6.03. The van der Waals surface area contributed by atoms with Gasteiger partial charge in [0.2, 0.25) is 5.91 Å². The normalized spacial score (nSPS) is 34.2. The topological polar surface area (TPSA) is 46.9 Å². The van der Waals surface area contributed by atoms with Crippen molar-refractivity contribution in [1.82, 2.24) is 15.1 Å². The molecule has 1 heterocycles. The molecule has 1 N–H and O–H groups in total. The fraction of sp³-hybridized carbons (Fsp3) is 0.700. The highest BCUT2D eigenvalue weighted by Crippen LogP contribution is 2.59. The molecule has 4 saturated carbocycles. The van der Waals surface area contributed by atoms with Gasteiger partial charge < -0.3 is 5.32 Å². The first-order valence-corrected chi connectivity index (χ1v) is 9.40. The molecule has 0 aromatic carbocycles. The molecule has 24 heavy (non-hydrogen) atoms. The van der Waals surface area contributed by atoms with Crippen LogP contribution >= 0.6 is 0 Å². The maximum Gasteiger partial charge on any atom is 0.244 e. The van der Waals surface area contributed by atoms with E-state index in [1.807, 2.05) is 31.7 Å². The van der Waals surface area contributed by atoms with Crippen LogP contribution in [-0.4, -0.2) is 22.2 Å². The van der Waals surface area contributed by atoms with Crippen LogP contribution in [0.5, 0.6) is 0 Å². The Morgan fingerprint density at radius 3 is 2.29 bits per heavy atom. The summed E-state index contributed by atoms with van der Waals surface area (Å²) in [5, 5.41) is 7.60. The number of aromatic nitrogens is 2. The lowest BCUT2D eigenvalue weighted by Gasteiger charge is -2.56. The number of nitrogens with one attached hydrogen (secondary N) is 1. The largest absolute Gasteiger partial charge is 0.352 e. The van der Waals surface area contributed by atoms with Gasteiger partial charge in [0.05, 0.1) is 5.69 Å². The number of nitrogens with zero attached hydrogens (tertiary/aromatic N) is 2. The summed E-state index contributed by atoms with van der Waals surface area (Å²) in [6.45, 7) is 4.89. The second kappa shape index (κ2) is 5.75. The first kappa shape index (κ1) is 15.9. The molecule has 4 bridgehead atoms. The van der Waals surface area contributed by atoms with Gasteiger partial charge in [0, 0.05) is 30.9 Å². The highest BCUT2D eigenvalue weighted by Gasteiger charge is 2.50. The molecule has 4 fully saturated rings. The molecule has 0 unspecified atom stereocenters. The van der Waals surface area contributed by atoms with E-state index in [1.54, 1.807) is 6.08 Å². The highest BCUT2D eigenvalue weighted by atomic mass is 16.1. The van der Waals surface area contributed by atoms with Crippen LogP contribution in [0.25, 0.3) is 6.08 Å². The highest BCUT2D eigenvalue weighted by molar-refractivity contribution is 5.92. The molecule has 4 aliphatic rings. The van der Waals surface area contributed by atoms with Crippen LogP contribution in [0.2, 0.25) is 0 Å². The van der Waals surface area contributed by atoms with E-state index in [2.05, 4.69) is 10.4 Å². The first-order valence-electron chi connectivity index (χ1n) is 9.40. The quantitative estimate of drug-likeness (QED) is 0.862. The Labute approximate surface area is 144 Å². The molecule has 5 rings (SSSR count). The van der Waals surface area contributed by atoms with E-state index in [9.17, 15) is 4.79 Å². The molecule has 4 aliphatic carbocycles. The van der Waals surface area contributed by atoms with Gasteiger partial charge in [0.15, 0.2) is 0 Å². The molecular formula is C20H29N3O. The molecule has 1 aromatic heterocycles. The van der Waals surface area contributed by atoms with Crippen molar-refractivity contribution in [3.05, 3.63) is 23.0 Å². The summed E-state index contributed by atoms with van der Waals surface area (Å²) in [6, 6.07) is 0. The van der Waals surface area contributed by atoms with Gasteiger partial charge in [-0.2, -0.15) is 5.10 Å². The van der Waals surface area contributed by atoms with Gasteiger partial charge in [-0.25, -0.2) is 0 Å². The minimum atomic E-state index is 0.0356. The zero-order valence-electron chi connectivity index (χ0n) is 15.1. The van der Waals surface area contributed by atoms with E-state index < -0.39 is 0 Å². The summed E-state index contributed by atoms with van der Waals surface area (Å²) in [4.78, 5) is 12.3. The molecule has 0 aliphatic heterocycles. The Kier molecular flexibility index (Phi) is 3.81. The molecule has 0 radical (unpaired) electrons. The SMILES string of the molecule is Cc1nn(C)c(C)c1/C=C/C(=O)NCC12CC3CC(CC(C3)C1)C2. The number of rotatable bonds is 4. The van der Waals surface area contributed by atoms with Crippen molar-refractivity contribution in [3.63, 3.8) is 0 Å². The van der Waals surface area contributed by atoms with Crippen LogP contribution in [0.3, 0.4) is 0 Å². The maximum atomic E-state index is 12.3. The van der Waals surface area contributed by atoms with E-state index in [1.165, 1.54) is 38.5 Å². The van der Waals surface area contributed by atoms with Crippen LogP contribution in [0.4, 0.5) is 0 Å². The Bertz CT molecular complexity index is 650. The first-order chi connectivity index (χ1) is 11.4. The van der Waals surface area contributed by atoms with E-state index in [4.69, 9.17) is 0 Å². The monoisotopic (exact) mass is 327 g/mol. The number of hydrogen-bond acceptors (Lipinski definition) is 2. The average Bonchev–Trinajstić information content (AvgIpc) is 2.75. The molecule has 1 amide bonds. The maximum absolute atomic E-state index is 12.3. The lowest BCUT2D eigenvalue weighted by atomic mass is 9.49. The van der Waals surface area contributed by atoms with E-state index >= 15 is 0 Å². The summed E-state index contributed by atoms with van der Waals surface area (Å²) < 4.78 is 1.86. The molecule has 130 valence electrons. The summed E-state index contributed by atoms with van der Waals surface area (Å²) in [7, 11) is 1.94. The lowest BCUT2D eigenvalue weighted by Crippen LogP contribution is -2.51. The zero-order valence-corrected chi connectivity index (χ0v) is 15.1. The minimum Gasteiger partial charge on any atom is -0.352 e. The standard InChI is InChI=1S/C20H29N3O/c1-13-18(14(2)23(3)22-13)4-5-19(24)21-12-20-9-15-6-16(10-20)8-17(7-15)11-20/h4-5,15-17H,6-12H2,1-3H3,(H,21,24)/b5-4+. The van der Waals surface area contributed by atoms with Crippen molar-refractivity contribution in [2.24, 2.45) is 30.2 Å². The van der Waals surface area contributed by atoms with Crippen molar-refractivity contribution in [2.45, 2.75) is 52.4 Å². The molecule has 1 aromatic rings. The van der Waals surface area contributed by atoms with Crippen molar-refractivity contribution in [2.75, 3.05) is 6.54 Å². The van der Waals surface area contributed by atoms with Gasteiger partial charge in [-0.3, -0.25) is 9.48 Å². The summed E-state index contributed by atoms with van der Waals surface area (Å²) in [6.07, 6.45) is 12.0. The summed E-state index contributed by atoms with van der Waals surface area (Å²) >= 11 is 0. The molecule has 0 spiro atoms. The minimum absolute atomic E-state index is 0.0356. The number of carbonyl (C=O) groups is 1. The van der Waals surface area contributed by atoms with E-state index in [-0.39, 0.29) is 5.91 Å². The molecule has 4 nitrogen and oxygen atoms in total.